The molecule has 18 heavy (non-hydrogen) atoms. The zero-order chi connectivity index (χ0) is 13.4. The molecule has 1 unspecified atom stereocenters. The number of halogens is 1. The first kappa shape index (κ1) is 15.5. The highest BCUT2D eigenvalue weighted by Gasteiger charge is 2.08. The van der Waals surface area contributed by atoms with Crippen molar-refractivity contribution >= 4 is 11.6 Å². The van der Waals surface area contributed by atoms with Crippen molar-refractivity contribution in [2.75, 3.05) is 13.2 Å². The third-order valence-electron chi connectivity index (χ3n) is 2.82. The van der Waals surface area contributed by atoms with Gasteiger partial charge in [0.25, 0.3) is 0 Å². The topological polar surface area (TPSA) is 21.3 Å². The highest BCUT2D eigenvalue weighted by Crippen LogP contribution is 2.20. The summed E-state index contributed by atoms with van der Waals surface area (Å²) in [6.07, 6.45) is 2.42. The highest BCUT2D eigenvalue weighted by molar-refractivity contribution is 6.30. The number of hydrogen-bond acceptors (Lipinski definition) is 2. The molecule has 0 saturated heterocycles. The van der Waals surface area contributed by atoms with E-state index in [0.717, 1.165) is 31.0 Å². The molecular formula is C15H24ClNO. The van der Waals surface area contributed by atoms with E-state index in [1.807, 2.05) is 18.2 Å². The van der Waals surface area contributed by atoms with Crippen LogP contribution in [0.25, 0.3) is 0 Å². The Labute approximate surface area is 116 Å². The monoisotopic (exact) mass is 269 g/mol. The maximum absolute atomic E-state index is 6.02. The Hall–Kier alpha value is -0.570. The molecule has 3 heteroatoms. The Morgan fingerprint density at radius 1 is 1.33 bits per heavy atom. The van der Waals surface area contributed by atoms with Gasteiger partial charge in [-0.15, -0.1) is 0 Å². The number of hydrogen-bond donors (Lipinski definition) is 1. The fourth-order valence-corrected chi connectivity index (χ4v) is 2.09. The van der Waals surface area contributed by atoms with Crippen LogP contribution in [0.4, 0.5) is 0 Å². The zero-order valence-electron chi connectivity index (χ0n) is 11.6. The summed E-state index contributed by atoms with van der Waals surface area (Å²) in [4.78, 5) is 0. The van der Waals surface area contributed by atoms with E-state index in [0.29, 0.717) is 12.1 Å². The summed E-state index contributed by atoms with van der Waals surface area (Å²) in [6, 6.07) is 8.45. The molecule has 2 nitrogen and oxygen atoms in total. The summed E-state index contributed by atoms with van der Waals surface area (Å²) in [5.41, 5.74) is 1.26. The second-order valence-electron chi connectivity index (χ2n) is 4.74. The number of rotatable bonds is 8. The van der Waals surface area contributed by atoms with Crippen LogP contribution in [0.3, 0.4) is 0 Å². The molecule has 0 aliphatic carbocycles. The molecule has 0 saturated carbocycles. The van der Waals surface area contributed by atoms with Gasteiger partial charge in [0.05, 0.1) is 6.10 Å². The van der Waals surface area contributed by atoms with Crippen molar-refractivity contribution in [3.63, 3.8) is 0 Å². The van der Waals surface area contributed by atoms with Crippen LogP contribution < -0.4 is 5.32 Å². The largest absolute Gasteiger partial charge is 0.379 e. The van der Waals surface area contributed by atoms with E-state index in [9.17, 15) is 0 Å². The first-order chi connectivity index (χ1) is 8.63. The smallest absolute Gasteiger partial charge is 0.0518 e. The molecule has 1 N–H and O–H groups in total. The number of ether oxygens (including phenoxy) is 1. The molecule has 0 fully saturated rings. The molecule has 0 aliphatic rings. The molecule has 102 valence electrons. The summed E-state index contributed by atoms with van der Waals surface area (Å²) in [5.74, 6) is 0. The lowest BCUT2D eigenvalue weighted by atomic mass is 10.0. The Morgan fingerprint density at radius 3 is 2.72 bits per heavy atom. The molecule has 1 aromatic carbocycles. The van der Waals surface area contributed by atoms with Crippen LogP contribution >= 0.6 is 11.6 Å². The molecule has 0 amide bonds. The fourth-order valence-electron chi connectivity index (χ4n) is 1.89. The van der Waals surface area contributed by atoms with Gasteiger partial charge in [-0.25, -0.2) is 0 Å². The van der Waals surface area contributed by atoms with Gasteiger partial charge in [0.1, 0.15) is 0 Å². The number of nitrogens with one attached hydrogen (secondary N) is 1. The fraction of sp³-hybridized carbons (Fsp3) is 0.600. The van der Waals surface area contributed by atoms with E-state index in [1.165, 1.54) is 5.56 Å². The Bertz CT molecular complexity index is 341. The summed E-state index contributed by atoms with van der Waals surface area (Å²) in [5, 5.41) is 4.35. The van der Waals surface area contributed by atoms with Gasteiger partial charge >= 0.3 is 0 Å². The van der Waals surface area contributed by atoms with Gasteiger partial charge in [-0.1, -0.05) is 30.7 Å². The van der Waals surface area contributed by atoms with E-state index in [1.54, 1.807) is 0 Å². The molecule has 0 spiro atoms. The van der Waals surface area contributed by atoms with Gasteiger partial charge in [0.2, 0.25) is 0 Å². The summed E-state index contributed by atoms with van der Waals surface area (Å²) >= 11 is 6.02. The van der Waals surface area contributed by atoms with Crippen LogP contribution in [-0.2, 0) is 4.74 Å². The van der Waals surface area contributed by atoms with Crippen LogP contribution in [0.1, 0.15) is 45.2 Å². The van der Waals surface area contributed by atoms with Gasteiger partial charge in [0, 0.05) is 17.7 Å². The quantitative estimate of drug-likeness (QED) is 0.715. The second kappa shape index (κ2) is 8.52. The van der Waals surface area contributed by atoms with Crippen LogP contribution in [-0.4, -0.2) is 19.3 Å². The van der Waals surface area contributed by atoms with Crippen LogP contribution in [0.5, 0.6) is 0 Å². The van der Waals surface area contributed by atoms with Crippen molar-refractivity contribution in [1.82, 2.24) is 5.32 Å². The predicted molar refractivity (Wildman–Crippen MR) is 78.2 cm³/mol. The van der Waals surface area contributed by atoms with Crippen molar-refractivity contribution in [1.29, 1.82) is 0 Å². The first-order valence-electron chi connectivity index (χ1n) is 6.74. The normalized spacial score (nSPS) is 12.9. The Morgan fingerprint density at radius 2 is 2.11 bits per heavy atom. The lowest BCUT2D eigenvalue weighted by Gasteiger charge is -2.18. The minimum Gasteiger partial charge on any atom is -0.379 e. The maximum atomic E-state index is 6.02. The molecular weight excluding hydrogens is 246 g/mol. The highest BCUT2D eigenvalue weighted by atomic mass is 35.5. The average Bonchev–Trinajstić information content (AvgIpc) is 2.33. The second-order valence-corrected chi connectivity index (χ2v) is 5.18. The van der Waals surface area contributed by atoms with Crippen LogP contribution in [0, 0.1) is 0 Å². The van der Waals surface area contributed by atoms with Crippen LogP contribution in [0.15, 0.2) is 24.3 Å². The summed E-state index contributed by atoms with van der Waals surface area (Å²) < 4.78 is 5.52. The molecule has 0 bridgehead atoms. The van der Waals surface area contributed by atoms with E-state index in [4.69, 9.17) is 16.3 Å². The van der Waals surface area contributed by atoms with Crippen molar-refractivity contribution < 1.29 is 4.74 Å². The third-order valence-corrected chi connectivity index (χ3v) is 3.06. The molecule has 0 radical (unpaired) electrons. The minimum atomic E-state index is 0.319. The third kappa shape index (κ3) is 5.85. The van der Waals surface area contributed by atoms with Gasteiger partial charge in [-0.05, 0) is 50.9 Å². The minimum absolute atomic E-state index is 0.319. The van der Waals surface area contributed by atoms with E-state index >= 15 is 0 Å². The van der Waals surface area contributed by atoms with Gasteiger partial charge < -0.3 is 10.1 Å². The SMILES string of the molecule is CCC(NCCCOC(C)C)c1cccc(Cl)c1. The zero-order valence-corrected chi connectivity index (χ0v) is 12.3. The van der Waals surface area contributed by atoms with E-state index in [2.05, 4.69) is 32.2 Å². The Balaban J connectivity index is 2.34. The van der Waals surface area contributed by atoms with Gasteiger partial charge in [-0.3, -0.25) is 0 Å². The van der Waals surface area contributed by atoms with E-state index in [-0.39, 0.29) is 0 Å². The standard InChI is InChI=1S/C15H24ClNO/c1-4-15(13-7-5-8-14(16)11-13)17-9-6-10-18-12(2)3/h5,7-8,11-12,15,17H,4,6,9-10H2,1-3H3. The maximum Gasteiger partial charge on any atom is 0.0518 e. The van der Waals surface area contributed by atoms with Crippen LogP contribution in [0.2, 0.25) is 5.02 Å². The summed E-state index contributed by atoms with van der Waals surface area (Å²) in [6.45, 7) is 8.10. The van der Waals surface area contributed by atoms with Crippen molar-refractivity contribution in [3.05, 3.63) is 34.9 Å². The average molecular weight is 270 g/mol. The van der Waals surface area contributed by atoms with Gasteiger partial charge in [0.15, 0.2) is 0 Å². The molecule has 1 aromatic rings. The van der Waals surface area contributed by atoms with Crippen molar-refractivity contribution in [2.45, 2.75) is 45.8 Å². The molecule has 0 aliphatic heterocycles. The van der Waals surface area contributed by atoms with Gasteiger partial charge in [-0.2, -0.15) is 0 Å². The Kier molecular flexibility index (Phi) is 7.33. The van der Waals surface area contributed by atoms with Crippen molar-refractivity contribution in [2.24, 2.45) is 0 Å². The molecule has 0 heterocycles. The van der Waals surface area contributed by atoms with Crippen molar-refractivity contribution in [3.8, 4) is 0 Å². The predicted octanol–water partition coefficient (Wildman–Crippen LogP) is 4.20. The first-order valence-corrected chi connectivity index (χ1v) is 7.11. The summed E-state index contributed by atoms with van der Waals surface area (Å²) in [7, 11) is 0. The lowest BCUT2D eigenvalue weighted by molar-refractivity contribution is 0.0767. The lowest BCUT2D eigenvalue weighted by Crippen LogP contribution is -2.23. The molecule has 1 rings (SSSR count). The molecule has 0 aromatic heterocycles. The molecule has 1 atom stereocenters. The van der Waals surface area contributed by atoms with E-state index < -0.39 is 0 Å². The number of benzene rings is 1.